The molecule has 1 aliphatic rings. The van der Waals surface area contributed by atoms with E-state index in [1.54, 1.807) is 4.90 Å². The lowest BCUT2D eigenvalue weighted by Gasteiger charge is -2.20. The Morgan fingerprint density at radius 3 is 2.59 bits per heavy atom. The summed E-state index contributed by atoms with van der Waals surface area (Å²) in [5.74, 6) is -1.04. The fourth-order valence-corrected chi connectivity index (χ4v) is 5.49. The van der Waals surface area contributed by atoms with Gasteiger partial charge in [-0.25, -0.2) is 9.66 Å². The Hall–Kier alpha value is -3.78. The summed E-state index contributed by atoms with van der Waals surface area (Å²) in [6.07, 6.45) is 1.43. The van der Waals surface area contributed by atoms with Crippen LogP contribution in [0.4, 0.5) is 5.69 Å². The Balaban J connectivity index is 1.43. The molecule has 34 heavy (non-hydrogen) atoms. The van der Waals surface area contributed by atoms with E-state index in [1.807, 2.05) is 69.3 Å². The van der Waals surface area contributed by atoms with Gasteiger partial charge in [-0.1, -0.05) is 42.5 Å². The molecule has 1 N–H and O–H groups in total. The van der Waals surface area contributed by atoms with Crippen LogP contribution in [0.5, 0.6) is 0 Å². The van der Waals surface area contributed by atoms with Gasteiger partial charge in [0, 0.05) is 29.1 Å². The molecule has 5 rings (SSSR count). The van der Waals surface area contributed by atoms with Crippen molar-refractivity contribution < 1.29 is 9.59 Å². The van der Waals surface area contributed by atoms with Crippen molar-refractivity contribution >= 4 is 39.1 Å². The minimum absolute atomic E-state index is 0.0937. The number of rotatable bonds is 4. The molecule has 172 valence electrons. The van der Waals surface area contributed by atoms with E-state index in [-0.39, 0.29) is 30.3 Å². The maximum absolute atomic E-state index is 13.4. The van der Waals surface area contributed by atoms with Gasteiger partial charge in [0.05, 0.1) is 11.3 Å². The molecule has 8 heteroatoms. The van der Waals surface area contributed by atoms with Crippen LogP contribution in [0.2, 0.25) is 0 Å². The highest BCUT2D eigenvalue weighted by molar-refractivity contribution is 7.19. The van der Waals surface area contributed by atoms with Crippen molar-refractivity contribution in [2.24, 2.45) is 5.92 Å². The normalized spacial score (nSPS) is 15.8. The van der Waals surface area contributed by atoms with E-state index < -0.39 is 5.92 Å². The number of aromatic nitrogens is 2. The Labute approximate surface area is 200 Å². The first-order valence-electron chi connectivity index (χ1n) is 11.1. The first-order chi connectivity index (χ1) is 16.3. The van der Waals surface area contributed by atoms with E-state index >= 15 is 0 Å². The molecule has 0 bridgehead atoms. The summed E-state index contributed by atoms with van der Waals surface area (Å²) < 4.78 is 1.13. The molecular weight excluding hydrogens is 448 g/mol. The van der Waals surface area contributed by atoms with Crippen LogP contribution in [-0.4, -0.2) is 28.0 Å². The van der Waals surface area contributed by atoms with E-state index in [9.17, 15) is 14.4 Å². The molecule has 1 saturated heterocycles. The largest absolute Gasteiger partial charge is 0.311 e. The summed E-state index contributed by atoms with van der Waals surface area (Å²) >= 11 is 1.45. The quantitative estimate of drug-likeness (QED) is 0.483. The lowest BCUT2D eigenvalue weighted by molar-refractivity contribution is -0.123. The van der Waals surface area contributed by atoms with Crippen LogP contribution in [0.25, 0.3) is 21.3 Å². The van der Waals surface area contributed by atoms with Gasteiger partial charge >= 0.3 is 0 Å². The molecule has 0 aliphatic carbocycles. The van der Waals surface area contributed by atoms with E-state index in [0.29, 0.717) is 10.2 Å². The van der Waals surface area contributed by atoms with Gasteiger partial charge in [0.15, 0.2) is 0 Å². The number of fused-ring (bicyclic) bond motifs is 1. The Bertz CT molecular complexity index is 1490. The molecule has 0 spiro atoms. The van der Waals surface area contributed by atoms with Crippen LogP contribution in [0.1, 0.15) is 22.4 Å². The van der Waals surface area contributed by atoms with Gasteiger partial charge < -0.3 is 4.90 Å². The predicted octanol–water partition coefficient (Wildman–Crippen LogP) is 4.17. The van der Waals surface area contributed by atoms with Crippen molar-refractivity contribution in [3.8, 4) is 11.1 Å². The fraction of sp³-hybridized carbons (Fsp3) is 0.231. The van der Waals surface area contributed by atoms with Gasteiger partial charge in [-0.05, 0) is 43.5 Å². The molecule has 1 fully saturated rings. The smallest absolute Gasteiger partial charge is 0.281 e. The zero-order chi connectivity index (χ0) is 24.0. The number of carbonyl (C=O) groups is 2. The average Bonchev–Trinajstić information content (AvgIpc) is 3.38. The average molecular weight is 473 g/mol. The zero-order valence-electron chi connectivity index (χ0n) is 19.2. The SMILES string of the molecule is Cc1cccc(N2CC(C(=O)Nn3cnc4sc(C)c(-c5ccccc5)c4c3=O)CC2=O)c1C. The third-order valence-electron chi connectivity index (χ3n) is 6.44. The molecule has 7 nitrogen and oxygen atoms in total. The standard InChI is InChI=1S/C26H24N4O3S/c1-15-8-7-11-20(16(15)2)29-13-19(12-21(29)31)24(32)28-30-14-27-25-23(26(30)33)22(17(3)34-25)18-9-5-4-6-10-18/h4-11,14,19H,12-13H2,1-3H3,(H,28,32). The molecule has 4 aromatic rings. The third kappa shape index (κ3) is 3.70. The van der Waals surface area contributed by atoms with Crippen molar-refractivity contribution in [2.75, 3.05) is 16.9 Å². The lowest BCUT2D eigenvalue weighted by Crippen LogP contribution is -2.37. The van der Waals surface area contributed by atoms with E-state index in [0.717, 1.165) is 37.5 Å². The lowest BCUT2D eigenvalue weighted by atomic mass is 10.0. The van der Waals surface area contributed by atoms with Crippen molar-refractivity contribution in [3.05, 3.63) is 81.2 Å². The summed E-state index contributed by atoms with van der Waals surface area (Å²) in [6.45, 7) is 6.20. The zero-order valence-corrected chi connectivity index (χ0v) is 20.0. The number of hydrogen-bond donors (Lipinski definition) is 1. The summed E-state index contributed by atoms with van der Waals surface area (Å²) in [6, 6.07) is 15.5. The van der Waals surface area contributed by atoms with Crippen LogP contribution in [0, 0.1) is 26.7 Å². The van der Waals surface area contributed by atoms with E-state index in [4.69, 9.17) is 0 Å². The molecule has 1 atom stereocenters. The van der Waals surface area contributed by atoms with Crippen molar-refractivity contribution in [1.29, 1.82) is 0 Å². The van der Waals surface area contributed by atoms with Gasteiger partial charge in [0.1, 0.15) is 11.2 Å². The second-order valence-electron chi connectivity index (χ2n) is 8.60. The van der Waals surface area contributed by atoms with Gasteiger partial charge in [-0.2, -0.15) is 0 Å². The summed E-state index contributed by atoms with van der Waals surface area (Å²) in [5.41, 5.74) is 7.03. The van der Waals surface area contributed by atoms with Crippen LogP contribution in [0.15, 0.2) is 59.7 Å². The highest BCUT2D eigenvalue weighted by atomic mass is 32.1. The second kappa shape index (κ2) is 8.53. The van der Waals surface area contributed by atoms with Crippen LogP contribution in [-0.2, 0) is 9.59 Å². The number of anilines is 1. The monoisotopic (exact) mass is 472 g/mol. The molecule has 1 aliphatic heterocycles. The number of hydrogen-bond acceptors (Lipinski definition) is 5. The molecular formula is C26H24N4O3S. The van der Waals surface area contributed by atoms with Crippen LogP contribution < -0.4 is 15.9 Å². The highest BCUT2D eigenvalue weighted by Crippen LogP contribution is 2.35. The van der Waals surface area contributed by atoms with Crippen LogP contribution in [0.3, 0.4) is 0 Å². The van der Waals surface area contributed by atoms with E-state index in [1.165, 1.54) is 17.7 Å². The topological polar surface area (TPSA) is 84.3 Å². The molecule has 3 heterocycles. The highest BCUT2D eigenvalue weighted by Gasteiger charge is 2.36. The fourth-order valence-electron chi connectivity index (χ4n) is 4.49. The second-order valence-corrected chi connectivity index (χ2v) is 9.80. The van der Waals surface area contributed by atoms with Gasteiger partial charge in [-0.3, -0.25) is 19.8 Å². The number of nitrogens with zero attached hydrogens (tertiary/aromatic N) is 3. The predicted molar refractivity (Wildman–Crippen MR) is 135 cm³/mol. The minimum atomic E-state index is -0.562. The number of benzene rings is 2. The van der Waals surface area contributed by atoms with Crippen molar-refractivity contribution in [3.63, 3.8) is 0 Å². The minimum Gasteiger partial charge on any atom is -0.311 e. The molecule has 1 unspecified atom stereocenters. The number of amides is 2. The summed E-state index contributed by atoms with van der Waals surface area (Å²) in [5, 5.41) is 0.482. The first-order valence-corrected chi connectivity index (χ1v) is 11.9. The maximum Gasteiger partial charge on any atom is 0.281 e. The Kier molecular flexibility index (Phi) is 5.53. The van der Waals surface area contributed by atoms with Gasteiger partial charge in [0.2, 0.25) is 11.8 Å². The van der Waals surface area contributed by atoms with Crippen LogP contribution >= 0.6 is 11.3 Å². The van der Waals surface area contributed by atoms with Crippen molar-refractivity contribution in [1.82, 2.24) is 9.66 Å². The van der Waals surface area contributed by atoms with Gasteiger partial charge in [-0.15, -0.1) is 11.3 Å². The summed E-state index contributed by atoms with van der Waals surface area (Å²) in [4.78, 5) is 46.8. The first kappa shape index (κ1) is 22.0. The third-order valence-corrected chi connectivity index (χ3v) is 7.46. The Morgan fingerprint density at radius 1 is 1.06 bits per heavy atom. The molecule has 0 radical (unpaired) electrons. The number of thiophene rings is 1. The molecule has 2 aromatic heterocycles. The number of carbonyl (C=O) groups excluding carboxylic acids is 2. The molecule has 2 amide bonds. The maximum atomic E-state index is 13.4. The van der Waals surface area contributed by atoms with E-state index in [2.05, 4.69) is 10.4 Å². The van der Waals surface area contributed by atoms with Crippen molar-refractivity contribution in [2.45, 2.75) is 27.2 Å². The number of aryl methyl sites for hydroxylation is 2. The number of nitrogens with one attached hydrogen (secondary N) is 1. The van der Waals surface area contributed by atoms with Gasteiger partial charge in [0.25, 0.3) is 5.56 Å². The molecule has 2 aromatic carbocycles. The molecule has 0 saturated carbocycles. The Morgan fingerprint density at radius 2 is 1.82 bits per heavy atom. The summed E-state index contributed by atoms with van der Waals surface area (Å²) in [7, 11) is 0.